The molecule has 9 aromatic carbocycles. The van der Waals surface area contributed by atoms with E-state index in [9.17, 15) is 0 Å². The van der Waals surface area contributed by atoms with Gasteiger partial charge in [-0.15, -0.1) is 0 Å². The first-order chi connectivity index (χ1) is 28.2. The summed E-state index contributed by atoms with van der Waals surface area (Å²) in [6, 6.07) is 72.1. The number of para-hydroxylation sites is 2. The molecule has 0 aliphatic carbocycles. The fraction of sp³-hybridized carbons (Fsp3) is 0.0182. The molecule has 2 heteroatoms. The number of nitrogens with zero attached hydrogens (tertiary/aromatic N) is 2. The monoisotopic (exact) mass is 730 g/mol. The fourth-order valence-electron chi connectivity index (χ4n) is 8.23. The van der Waals surface area contributed by atoms with Gasteiger partial charge in [0.15, 0.2) is 0 Å². The van der Waals surface area contributed by atoms with E-state index in [4.69, 9.17) is 0 Å². The van der Waals surface area contributed by atoms with Gasteiger partial charge in [-0.1, -0.05) is 164 Å². The van der Waals surface area contributed by atoms with E-state index in [2.05, 4.69) is 235 Å². The van der Waals surface area contributed by atoms with Crippen molar-refractivity contribution in [3.8, 4) is 22.3 Å². The number of fused-ring (bicyclic) bond motifs is 3. The molecular weight excluding hydrogens is 689 g/mol. The summed E-state index contributed by atoms with van der Waals surface area (Å²) in [6.07, 6.45) is 8.09. The molecular formula is C55H42N2. The van der Waals surface area contributed by atoms with Gasteiger partial charge in [0.25, 0.3) is 0 Å². The van der Waals surface area contributed by atoms with E-state index in [-0.39, 0.29) is 0 Å². The van der Waals surface area contributed by atoms with Gasteiger partial charge >= 0.3 is 0 Å². The maximum atomic E-state index is 4.00. The summed E-state index contributed by atoms with van der Waals surface area (Å²) in [7, 11) is 0. The van der Waals surface area contributed by atoms with Gasteiger partial charge < -0.3 is 9.80 Å². The van der Waals surface area contributed by atoms with E-state index < -0.39 is 0 Å². The molecule has 0 unspecified atom stereocenters. The van der Waals surface area contributed by atoms with E-state index in [0.717, 1.165) is 34.1 Å². The van der Waals surface area contributed by atoms with E-state index >= 15 is 0 Å². The van der Waals surface area contributed by atoms with Crippen LogP contribution in [-0.2, 0) is 0 Å². The van der Waals surface area contributed by atoms with Crippen molar-refractivity contribution in [2.45, 2.75) is 6.92 Å². The maximum absolute atomic E-state index is 4.00. The van der Waals surface area contributed by atoms with Crippen LogP contribution in [0.1, 0.15) is 6.92 Å². The first kappa shape index (κ1) is 35.3. The molecule has 0 N–H and O–H groups in total. The normalized spacial score (nSPS) is 11.7. The Bertz CT molecular complexity index is 2840. The smallest absolute Gasteiger partial charge is 0.0540 e. The lowest BCUT2D eigenvalue weighted by Crippen LogP contribution is -2.15. The van der Waals surface area contributed by atoms with Crippen LogP contribution < -0.4 is 9.80 Å². The molecule has 0 aliphatic heterocycles. The molecule has 9 rings (SSSR count). The van der Waals surface area contributed by atoms with Gasteiger partial charge in [-0.3, -0.25) is 0 Å². The summed E-state index contributed by atoms with van der Waals surface area (Å²) in [5.41, 5.74) is 11.4. The molecule has 0 fully saturated rings. The largest absolute Gasteiger partial charge is 0.311 e. The number of anilines is 5. The van der Waals surface area contributed by atoms with Gasteiger partial charge in [-0.25, -0.2) is 0 Å². The van der Waals surface area contributed by atoms with Gasteiger partial charge in [-0.05, 0) is 123 Å². The van der Waals surface area contributed by atoms with Crippen LogP contribution in [0, 0.1) is 0 Å². The number of hydrogen-bond donors (Lipinski definition) is 0. The zero-order chi connectivity index (χ0) is 38.6. The maximum Gasteiger partial charge on any atom is 0.0540 e. The third-order valence-corrected chi connectivity index (χ3v) is 10.7. The highest BCUT2D eigenvalue weighted by Crippen LogP contribution is 2.45. The predicted molar refractivity (Wildman–Crippen MR) is 246 cm³/mol. The molecule has 0 spiro atoms. The molecule has 0 heterocycles. The van der Waals surface area contributed by atoms with Crippen LogP contribution in [-0.4, -0.2) is 0 Å². The molecule has 0 bridgehead atoms. The average molecular weight is 731 g/mol. The Balaban J connectivity index is 1.17. The van der Waals surface area contributed by atoms with Crippen LogP contribution >= 0.6 is 0 Å². The topological polar surface area (TPSA) is 6.48 Å². The molecule has 0 radical (unpaired) electrons. The van der Waals surface area contributed by atoms with Crippen LogP contribution in [0.5, 0.6) is 0 Å². The standard InChI is InChI=1S/C55H42N2/c1-3-18-43(19-4-2)56(44-22-7-5-8-23-44)46-36-32-41(33-37-46)54-49-27-13-15-29-51(49)55(52-30-16-14-28-50(52)54)42-34-38-47(39-35-42)57(45-24-9-6-10-25-45)53-31-17-21-40-20-11-12-26-48(40)53/h3-39H,1H2,2H3/b19-4-,43-18+. The minimum Gasteiger partial charge on any atom is -0.311 e. The van der Waals surface area contributed by atoms with Gasteiger partial charge in [0.2, 0.25) is 0 Å². The van der Waals surface area contributed by atoms with E-state index in [0.29, 0.717) is 0 Å². The van der Waals surface area contributed by atoms with Crippen LogP contribution in [0.3, 0.4) is 0 Å². The van der Waals surface area contributed by atoms with Gasteiger partial charge in [0.1, 0.15) is 0 Å². The van der Waals surface area contributed by atoms with Crippen molar-refractivity contribution in [3.63, 3.8) is 0 Å². The summed E-state index contributed by atoms with van der Waals surface area (Å²) in [5.74, 6) is 0. The molecule has 0 saturated heterocycles. The molecule has 0 aromatic heterocycles. The molecule has 0 amide bonds. The second-order valence-corrected chi connectivity index (χ2v) is 14.1. The summed E-state index contributed by atoms with van der Waals surface area (Å²) in [5, 5.41) is 7.35. The second-order valence-electron chi connectivity index (χ2n) is 14.1. The van der Waals surface area contributed by atoms with E-state index in [1.165, 1.54) is 54.6 Å². The Kier molecular flexibility index (Phi) is 9.75. The van der Waals surface area contributed by atoms with Crippen molar-refractivity contribution in [2.24, 2.45) is 0 Å². The molecule has 272 valence electrons. The first-order valence-electron chi connectivity index (χ1n) is 19.5. The summed E-state index contributed by atoms with van der Waals surface area (Å²) >= 11 is 0. The van der Waals surface area contributed by atoms with Crippen molar-refractivity contribution in [1.29, 1.82) is 0 Å². The summed E-state index contributed by atoms with van der Waals surface area (Å²) < 4.78 is 0. The van der Waals surface area contributed by atoms with Crippen molar-refractivity contribution in [3.05, 3.63) is 237 Å². The Morgan fingerprint density at radius 3 is 1.37 bits per heavy atom. The highest BCUT2D eigenvalue weighted by molar-refractivity contribution is 6.21. The molecule has 9 aromatic rings. The van der Waals surface area contributed by atoms with Crippen LogP contribution in [0.2, 0.25) is 0 Å². The Hall–Kier alpha value is -7.42. The number of rotatable bonds is 10. The van der Waals surface area contributed by atoms with Crippen LogP contribution in [0.25, 0.3) is 54.6 Å². The van der Waals surface area contributed by atoms with Crippen molar-refractivity contribution >= 4 is 60.8 Å². The SMILES string of the molecule is C=C/C=C(\C=C/C)N(c1ccccc1)c1ccc(-c2c3ccccc3c(-c3ccc(N(c4ccccc4)c4cccc5ccccc45)cc3)c3ccccc23)cc1. The van der Waals surface area contributed by atoms with Crippen molar-refractivity contribution < 1.29 is 0 Å². The van der Waals surface area contributed by atoms with E-state index in [1.807, 2.05) is 13.0 Å². The first-order valence-corrected chi connectivity index (χ1v) is 19.5. The van der Waals surface area contributed by atoms with Gasteiger partial charge in [0, 0.05) is 33.8 Å². The molecule has 2 nitrogen and oxygen atoms in total. The lowest BCUT2D eigenvalue weighted by molar-refractivity contribution is 1.21. The summed E-state index contributed by atoms with van der Waals surface area (Å²) in [6.45, 7) is 6.05. The predicted octanol–water partition coefficient (Wildman–Crippen LogP) is 15.7. The van der Waals surface area contributed by atoms with Crippen molar-refractivity contribution in [2.75, 3.05) is 9.80 Å². The number of benzene rings is 9. The quantitative estimate of drug-likeness (QED) is 0.102. The van der Waals surface area contributed by atoms with Crippen molar-refractivity contribution in [1.82, 2.24) is 0 Å². The van der Waals surface area contributed by atoms with Gasteiger partial charge in [-0.2, -0.15) is 0 Å². The lowest BCUT2D eigenvalue weighted by Gasteiger charge is -2.27. The second kappa shape index (κ2) is 15.7. The number of hydrogen-bond acceptors (Lipinski definition) is 2. The Morgan fingerprint density at radius 1 is 0.421 bits per heavy atom. The third kappa shape index (κ3) is 6.68. The van der Waals surface area contributed by atoms with Crippen LogP contribution in [0.4, 0.5) is 28.4 Å². The third-order valence-electron chi connectivity index (χ3n) is 10.7. The Labute approximate surface area is 335 Å². The van der Waals surface area contributed by atoms with Gasteiger partial charge in [0.05, 0.1) is 5.69 Å². The molecule has 0 saturated carbocycles. The minimum absolute atomic E-state index is 1.04. The van der Waals surface area contributed by atoms with Crippen LogP contribution in [0.15, 0.2) is 237 Å². The van der Waals surface area contributed by atoms with E-state index in [1.54, 1.807) is 0 Å². The minimum atomic E-state index is 1.04. The zero-order valence-electron chi connectivity index (χ0n) is 32.0. The average Bonchev–Trinajstić information content (AvgIpc) is 3.27. The highest BCUT2D eigenvalue weighted by atomic mass is 15.1. The zero-order valence-corrected chi connectivity index (χ0v) is 32.0. The fourth-order valence-corrected chi connectivity index (χ4v) is 8.23. The lowest BCUT2D eigenvalue weighted by atomic mass is 9.86. The molecule has 0 aliphatic rings. The molecule has 0 atom stereocenters. The molecule has 57 heavy (non-hydrogen) atoms. The Morgan fingerprint density at radius 2 is 0.842 bits per heavy atom. The number of allylic oxidation sites excluding steroid dienone is 4. The summed E-state index contributed by atoms with van der Waals surface area (Å²) in [4.78, 5) is 4.64. The highest BCUT2D eigenvalue weighted by Gasteiger charge is 2.20.